The average Bonchev–Trinajstić information content (AvgIpc) is 3.12. The van der Waals surface area contributed by atoms with E-state index >= 15 is 0 Å². The van der Waals surface area contributed by atoms with Crippen LogP contribution in [-0.4, -0.2) is 40.1 Å². The predicted octanol–water partition coefficient (Wildman–Crippen LogP) is 2.72. The van der Waals surface area contributed by atoms with Crippen molar-refractivity contribution in [2.45, 2.75) is 45.6 Å². The number of aromatic nitrogens is 2. The smallest absolute Gasteiger partial charge is 0.257 e. The molecule has 0 N–H and O–H groups in total. The Morgan fingerprint density at radius 1 is 1.28 bits per heavy atom. The minimum atomic E-state index is -0.181. The third kappa shape index (κ3) is 2.88. The minimum absolute atomic E-state index is 0.0728. The van der Waals surface area contributed by atoms with Crippen LogP contribution in [0.15, 0.2) is 10.6 Å². The van der Waals surface area contributed by atoms with Crippen molar-refractivity contribution in [1.82, 2.24) is 14.5 Å². The molecule has 6 heteroatoms. The molecule has 6 nitrogen and oxygen atoms in total. The van der Waals surface area contributed by atoms with Gasteiger partial charge in [-0.25, -0.2) is 4.98 Å². The number of amides is 1. The standard InChI is InChI=1S/C19H25N3O3/c1-12-10-21(3)18(20-12)16-11-22(8-9-24-16)19(23)17-13(2)25-15-7-5-4-6-14(15)17/h10,16H,4-9,11H2,1-3H3/t16-/m1/s1. The highest BCUT2D eigenvalue weighted by atomic mass is 16.5. The van der Waals surface area contributed by atoms with Crippen molar-refractivity contribution < 1.29 is 13.9 Å². The molecule has 2 aliphatic rings. The van der Waals surface area contributed by atoms with Crippen LogP contribution in [0.4, 0.5) is 0 Å². The highest BCUT2D eigenvalue weighted by Gasteiger charge is 2.33. The molecule has 0 bridgehead atoms. The number of carbonyl (C=O) groups is 1. The van der Waals surface area contributed by atoms with Gasteiger partial charge in [-0.1, -0.05) is 0 Å². The van der Waals surface area contributed by atoms with Crippen molar-refractivity contribution in [3.05, 3.63) is 40.4 Å². The highest BCUT2D eigenvalue weighted by Crippen LogP contribution is 2.31. The first-order valence-corrected chi connectivity index (χ1v) is 9.06. The maximum atomic E-state index is 13.2. The van der Waals surface area contributed by atoms with Crippen molar-refractivity contribution in [3.63, 3.8) is 0 Å². The fourth-order valence-corrected chi connectivity index (χ4v) is 4.06. The average molecular weight is 343 g/mol. The van der Waals surface area contributed by atoms with E-state index in [2.05, 4.69) is 4.98 Å². The first-order chi connectivity index (χ1) is 12.0. The Kier molecular flexibility index (Phi) is 4.15. The Morgan fingerprint density at radius 2 is 2.08 bits per heavy atom. The van der Waals surface area contributed by atoms with Gasteiger partial charge in [-0.2, -0.15) is 0 Å². The third-order valence-corrected chi connectivity index (χ3v) is 5.24. The molecule has 1 amide bonds. The molecule has 2 aromatic rings. The van der Waals surface area contributed by atoms with Crippen molar-refractivity contribution in [2.24, 2.45) is 7.05 Å². The molecular formula is C19H25N3O3. The Bertz CT molecular complexity index is 805. The Balaban J connectivity index is 1.58. The normalized spacial score (nSPS) is 20.6. The zero-order chi connectivity index (χ0) is 17.6. The maximum absolute atomic E-state index is 13.2. The molecule has 0 radical (unpaired) electrons. The third-order valence-electron chi connectivity index (χ3n) is 5.24. The maximum Gasteiger partial charge on any atom is 0.257 e. The fourth-order valence-electron chi connectivity index (χ4n) is 4.06. The number of fused-ring (bicyclic) bond motifs is 1. The number of morpholine rings is 1. The first-order valence-electron chi connectivity index (χ1n) is 9.06. The summed E-state index contributed by atoms with van der Waals surface area (Å²) in [6, 6.07) is 0. The lowest BCUT2D eigenvalue weighted by molar-refractivity contribution is -0.0280. The zero-order valence-electron chi connectivity index (χ0n) is 15.2. The zero-order valence-corrected chi connectivity index (χ0v) is 15.2. The van der Waals surface area contributed by atoms with Crippen molar-refractivity contribution >= 4 is 5.91 Å². The number of nitrogens with zero attached hydrogens (tertiary/aromatic N) is 3. The summed E-state index contributed by atoms with van der Waals surface area (Å²) in [5.41, 5.74) is 2.88. The molecule has 1 aliphatic heterocycles. The highest BCUT2D eigenvalue weighted by molar-refractivity contribution is 5.97. The molecule has 134 valence electrons. The van der Waals surface area contributed by atoms with Gasteiger partial charge in [-0.15, -0.1) is 0 Å². The van der Waals surface area contributed by atoms with E-state index in [1.807, 2.05) is 36.6 Å². The fraction of sp³-hybridized carbons (Fsp3) is 0.579. The van der Waals surface area contributed by atoms with E-state index in [4.69, 9.17) is 9.15 Å². The van der Waals surface area contributed by atoms with Crippen molar-refractivity contribution in [3.8, 4) is 0 Å². The molecule has 0 aromatic carbocycles. The Labute approximate surface area is 147 Å². The van der Waals surface area contributed by atoms with E-state index in [1.165, 1.54) is 0 Å². The summed E-state index contributed by atoms with van der Waals surface area (Å²) in [6.45, 7) is 5.55. The quantitative estimate of drug-likeness (QED) is 0.841. The number of furan rings is 1. The summed E-state index contributed by atoms with van der Waals surface area (Å²) < 4.78 is 13.8. The number of carbonyl (C=O) groups excluding carboxylic acids is 1. The molecule has 0 unspecified atom stereocenters. The van der Waals surface area contributed by atoms with Gasteiger partial charge in [-0.05, 0) is 33.1 Å². The van der Waals surface area contributed by atoms with E-state index < -0.39 is 0 Å². The molecule has 3 heterocycles. The molecule has 4 rings (SSSR count). The number of hydrogen-bond acceptors (Lipinski definition) is 4. The van der Waals surface area contributed by atoms with Crippen LogP contribution >= 0.6 is 0 Å². The van der Waals surface area contributed by atoms with Gasteiger partial charge in [0.25, 0.3) is 5.91 Å². The predicted molar refractivity (Wildman–Crippen MR) is 92.6 cm³/mol. The van der Waals surface area contributed by atoms with Crippen LogP contribution in [0.1, 0.15) is 57.9 Å². The first kappa shape index (κ1) is 16.4. The number of ether oxygens (including phenoxy) is 1. The topological polar surface area (TPSA) is 60.5 Å². The van der Waals surface area contributed by atoms with Gasteiger partial charge in [0.2, 0.25) is 0 Å². The summed E-state index contributed by atoms with van der Waals surface area (Å²) in [7, 11) is 1.97. The second-order valence-corrected chi connectivity index (χ2v) is 7.10. The van der Waals surface area contributed by atoms with Crippen LogP contribution < -0.4 is 0 Å². The Morgan fingerprint density at radius 3 is 2.84 bits per heavy atom. The second-order valence-electron chi connectivity index (χ2n) is 7.10. The van der Waals surface area contributed by atoms with Gasteiger partial charge < -0.3 is 18.6 Å². The van der Waals surface area contributed by atoms with E-state index in [9.17, 15) is 4.79 Å². The molecule has 1 atom stereocenters. The molecule has 0 spiro atoms. The molecule has 1 fully saturated rings. The summed E-state index contributed by atoms with van der Waals surface area (Å²) in [4.78, 5) is 19.7. The van der Waals surface area contributed by atoms with Crippen LogP contribution in [0.5, 0.6) is 0 Å². The summed E-state index contributed by atoms with van der Waals surface area (Å²) in [5.74, 6) is 2.72. The van der Waals surface area contributed by atoms with Gasteiger partial charge in [0.1, 0.15) is 23.4 Å². The van der Waals surface area contributed by atoms with Gasteiger partial charge >= 0.3 is 0 Å². The van der Waals surface area contributed by atoms with Gasteiger partial charge in [-0.3, -0.25) is 4.79 Å². The molecule has 2 aromatic heterocycles. The SMILES string of the molecule is Cc1cn(C)c([C@H]2CN(C(=O)c3c(C)oc4c3CCCC4)CCO2)n1. The number of hydrogen-bond donors (Lipinski definition) is 0. The molecule has 25 heavy (non-hydrogen) atoms. The summed E-state index contributed by atoms with van der Waals surface area (Å²) in [5, 5.41) is 0. The van der Waals surface area contributed by atoms with Gasteiger partial charge in [0, 0.05) is 31.8 Å². The number of imidazole rings is 1. The van der Waals surface area contributed by atoms with Crippen LogP contribution in [0.2, 0.25) is 0 Å². The van der Waals surface area contributed by atoms with E-state index in [0.29, 0.717) is 19.7 Å². The van der Waals surface area contributed by atoms with E-state index in [1.54, 1.807) is 0 Å². The van der Waals surface area contributed by atoms with Crippen LogP contribution in [-0.2, 0) is 24.6 Å². The molecular weight excluding hydrogens is 318 g/mol. The monoisotopic (exact) mass is 343 g/mol. The van der Waals surface area contributed by atoms with E-state index in [0.717, 1.165) is 59.8 Å². The minimum Gasteiger partial charge on any atom is -0.465 e. The number of aryl methyl sites for hydroxylation is 4. The lowest BCUT2D eigenvalue weighted by atomic mass is 9.94. The van der Waals surface area contributed by atoms with Crippen LogP contribution in [0.3, 0.4) is 0 Å². The number of rotatable bonds is 2. The molecule has 1 saturated heterocycles. The Hall–Kier alpha value is -2.08. The lowest BCUT2D eigenvalue weighted by Crippen LogP contribution is -2.43. The lowest BCUT2D eigenvalue weighted by Gasteiger charge is -2.32. The summed E-state index contributed by atoms with van der Waals surface area (Å²) in [6.07, 6.45) is 5.97. The van der Waals surface area contributed by atoms with Gasteiger partial charge in [0.15, 0.2) is 0 Å². The molecule has 1 aliphatic carbocycles. The molecule has 0 saturated carbocycles. The van der Waals surface area contributed by atoms with Crippen LogP contribution in [0, 0.1) is 13.8 Å². The second kappa shape index (κ2) is 6.33. The van der Waals surface area contributed by atoms with Crippen LogP contribution in [0.25, 0.3) is 0 Å². The van der Waals surface area contributed by atoms with Gasteiger partial charge in [0.05, 0.1) is 24.4 Å². The van der Waals surface area contributed by atoms with Crippen molar-refractivity contribution in [1.29, 1.82) is 0 Å². The summed E-state index contributed by atoms with van der Waals surface area (Å²) >= 11 is 0. The van der Waals surface area contributed by atoms with Crippen molar-refractivity contribution in [2.75, 3.05) is 19.7 Å². The van der Waals surface area contributed by atoms with E-state index in [-0.39, 0.29) is 12.0 Å². The largest absolute Gasteiger partial charge is 0.465 e.